The van der Waals surface area contributed by atoms with Crippen LogP contribution < -0.4 is 15.1 Å². The average Bonchev–Trinajstić information content (AvgIpc) is 3.15. The van der Waals surface area contributed by atoms with Crippen LogP contribution in [-0.4, -0.2) is 68.2 Å². The third-order valence-electron chi connectivity index (χ3n) is 5.42. The molecule has 1 aromatic rings. The Labute approximate surface area is 155 Å². The maximum Gasteiger partial charge on any atom is 0.414 e. The molecule has 0 radical (unpaired) electrons. The minimum Gasteiger partial charge on any atom is -0.442 e. The second-order valence-electron chi connectivity index (χ2n) is 7.23. The summed E-state index contributed by atoms with van der Waals surface area (Å²) in [4.78, 5) is 39.0. The molecule has 1 N–H and O–H groups in total. The van der Waals surface area contributed by atoms with Gasteiger partial charge in [0, 0.05) is 32.5 Å². The van der Waals surface area contributed by atoms with Gasteiger partial charge in [0.15, 0.2) is 0 Å². The van der Waals surface area contributed by atoms with Gasteiger partial charge in [-0.1, -0.05) is 0 Å². The standard InChI is InChI=1S/C18H21FN4O4/c1-11(25)20-5-14-8-22(18(26)27-14)13-2-3-16(15(19)4-13)23-7-12-6-21(10-24)9-17(12)23/h2-4,10,12,14,17H,5-9H2,1H3,(H,20,25)/t12-,14-,17-/m0/s1. The van der Waals surface area contributed by atoms with Crippen molar-refractivity contribution in [3.8, 4) is 0 Å². The Hall–Kier alpha value is -2.84. The number of anilines is 2. The number of fused-ring (bicyclic) bond motifs is 1. The summed E-state index contributed by atoms with van der Waals surface area (Å²) in [5.41, 5.74) is 0.902. The predicted octanol–water partition coefficient (Wildman–Crippen LogP) is 0.564. The molecule has 0 aromatic heterocycles. The van der Waals surface area contributed by atoms with Crippen LogP contribution >= 0.6 is 0 Å². The largest absolute Gasteiger partial charge is 0.442 e. The maximum absolute atomic E-state index is 14.7. The SMILES string of the molecule is CC(=O)NC[C@H]1CN(c2ccc(N3C[C@@H]4CN(C=O)C[C@@H]43)c(F)c2)C(=O)O1. The van der Waals surface area contributed by atoms with Crippen molar-refractivity contribution in [3.05, 3.63) is 24.0 Å². The molecule has 4 rings (SSSR count). The number of cyclic esters (lactones) is 1. The molecule has 144 valence electrons. The Kier molecular flexibility index (Phi) is 4.37. The minimum atomic E-state index is -0.557. The molecule has 9 heteroatoms. The van der Waals surface area contributed by atoms with Crippen molar-refractivity contribution >= 4 is 29.8 Å². The van der Waals surface area contributed by atoms with E-state index >= 15 is 0 Å². The first kappa shape index (κ1) is 17.6. The van der Waals surface area contributed by atoms with Crippen molar-refractivity contribution < 1.29 is 23.5 Å². The van der Waals surface area contributed by atoms with Gasteiger partial charge in [-0.2, -0.15) is 0 Å². The normalized spacial score (nSPS) is 26.5. The fourth-order valence-electron chi connectivity index (χ4n) is 4.03. The molecule has 3 aliphatic rings. The first-order valence-corrected chi connectivity index (χ1v) is 8.94. The maximum atomic E-state index is 14.7. The highest BCUT2D eigenvalue weighted by Crippen LogP contribution is 2.38. The first-order valence-electron chi connectivity index (χ1n) is 8.94. The Morgan fingerprint density at radius 3 is 2.85 bits per heavy atom. The van der Waals surface area contributed by atoms with E-state index in [0.29, 0.717) is 23.8 Å². The molecule has 3 amide bonds. The lowest BCUT2D eigenvalue weighted by atomic mass is 9.91. The molecule has 0 aliphatic carbocycles. The van der Waals surface area contributed by atoms with Crippen LogP contribution in [0.1, 0.15) is 6.92 Å². The van der Waals surface area contributed by atoms with Crippen LogP contribution in [0.15, 0.2) is 18.2 Å². The van der Waals surface area contributed by atoms with Crippen LogP contribution in [0, 0.1) is 11.7 Å². The number of hydrogen-bond donors (Lipinski definition) is 1. The van der Waals surface area contributed by atoms with E-state index in [2.05, 4.69) is 5.32 Å². The number of hydrogen-bond acceptors (Lipinski definition) is 5. The Balaban J connectivity index is 1.44. The summed E-state index contributed by atoms with van der Waals surface area (Å²) in [7, 11) is 0. The molecule has 3 aliphatic heterocycles. The van der Waals surface area contributed by atoms with Crippen molar-refractivity contribution in [2.75, 3.05) is 42.5 Å². The van der Waals surface area contributed by atoms with Gasteiger partial charge in [0.05, 0.1) is 30.5 Å². The van der Waals surface area contributed by atoms with Crippen molar-refractivity contribution in [2.24, 2.45) is 5.92 Å². The molecular weight excluding hydrogens is 355 g/mol. The van der Waals surface area contributed by atoms with Crippen LogP contribution in [-0.2, 0) is 14.3 Å². The fourth-order valence-corrected chi connectivity index (χ4v) is 4.03. The van der Waals surface area contributed by atoms with E-state index in [0.717, 1.165) is 19.5 Å². The van der Waals surface area contributed by atoms with Crippen molar-refractivity contribution in [2.45, 2.75) is 19.1 Å². The quantitative estimate of drug-likeness (QED) is 0.760. The highest BCUT2D eigenvalue weighted by atomic mass is 19.1. The van der Waals surface area contributed by atoms with Gasteiger partial charge in [-0.05, 0) is 18.2 Å². The smallest absolute Gasteiger partial charge is 0.414 e. The van der Waals surface area contributed by atoms with Gasteiger partial charge in [-0.15, -0.1) is 0 Å². The zero-order chi connectivity index (χ0) is 19.1. The molecule has 1 aromatic carbocycles. The van der Waals surface area contributed by atoms with Gasteiger partial charge >= 0.3 is 6.09 Å². The molecule has 3 atom stereocenters. The summed E-state index contributed by atoms with van der Waals surface area (Å²) in [5, 5.41) is 2.61. The summed E-state index contributed by atoms with van der Waals surface area (Å²) in [6.45, 7) is 3.92. The van der Waals surface area contributed by atoms with Gasteiger partial charge in [0.2, 0.25) is 12.3 Å². The van der Waals surface area contributed by atoms with Crippen LogP contribution in [0.4, 0.5) is 20.6 Å². The third kappa shape index (κ3) is 3.17. The van der Waals surface area contributed by atoms with Crippen molar-refractivity contribution in [1.82, 2.24) is 10.2 Å². The lowest BCUT2D eigenvalue weighted by Gasteiger charge is -2.45. The van der Waals surface area contributed by atoms with Crippen LogP contribution in [0.3, 0.4) is 0 Å². The summed E-state index contributed by atoms with van der Waals surface area (Å²) >= 11 is 0. The van der Waals surface area contributed by atoms with E-state index in [1.807, 2.05) is 4.90 Å². The molecule has 0 spiro atoms. The first-order chi connectivity index (χ1) is 13.0. The molecule has 0 unspecified atom stereocenters. The molecular formula is C18H21FN4O4. The summed E-state index contributed by atoms with van der Waals surface area (Å²) < 4.78 is 19.9. The van der Waals surface area contributed by atoms with E-state index in [1.165, 1.54) is 17.9 Å². The van der Waals surface area contributed by atoms with E-state index in [9.17, 15) is 18.8 Å². The van der Waals surface area contributed by atoms with Gasteiger partial charge in [-0.25, -0.2) is 9.18 Å². The van der Waals surface area contributed by atoms with Crippen molar-refractivity contribution in [3.63, 3.8) is 0 Å². The van der Waals surface area contributed by atoms with Crippen LogP contribution in [0.5, 0.6) is 0 Å². The zero-order valence-corrected chi connectivity index (χ0v) is 14.9. The Morgan fingerprint density at radius 1 is 1.33 bits per heavy atom. The number of amides is 3. The molecule has 8 nitrogen and oxygen atoms in total. The summed E-state index contributed by atoms with van der Waals surface area (Å²) in [5.74, 6) is -0.223. The number of benzene rings is 1. The van der Waals surface area contributed by atoms with Gasteiger partial charge in [-0.3, -0.25) is 14.5 Å². The fraction of sp³-hybridized carbons (Fsp3) is 0.500. The molecule has 3 fully saturated rings. The number of carbonyl (C=O) groups is 3. The van der Waals surface area contributed by atoms with Crippen molar-refractivity contribution in [1.29, 1.82) is 0 Å². The Bertz CT molecular complexity index is 789. The predicted molar refractivity (Wildman–Crippen MR) is 95.0 cm³/mol. The number of nitrogens with zero attached hydrogens (tertiary/aromatic N) is 3. The number of carbonyl (C=O) groups excluding carboxylic acids is 3. The van der Waals surface area contributed by atoms with Crippen LogP contribution in [0.25, 0.3) is 0 Å². The molecule has 3 heterocycles. The van der Waals surface area contributed by atoms with Crippen LogP contribution in [0.2, 0.25) is 0 Å². The third-order valence-corrected chi connectivity index (χ3v) is 5.42. The van der Waals surface area contributed by atoms with E-state index in [4.69, 9.17) is 4.74 Å². The van der Waals surface area contributed by atoms with Gasteiger partial charge < -0.3 is 19.9 Å². The number of nitrogens with one attached hydrogen (secondary N) is 1. The number of rotatable bonds is 5. The van der Waals surface area contributed by atoms with Gasteiger partial charge in [0.25, 0.3) is 0 Å². The average molecular weight is 376 g/mol. The van der Waals surface area contributed by atoms with Gasteiger partial charge in [0.1, 0.15) is 11.9 Å². The van der Waals surface area contributed by atoms with E-state index in [1.54, 1.807) is 17.0 Å². The minimum absolute atomic E-state index is 0.148. The highest BCUT2D eigenvalue weighted by molar-refractivity contribution is 5.90. The number of halogens is 1. The number of likely N-dealkylation sites (tertiary alicyclic amines) is 1. The lowest BCUT2D eigenvalue weighted by molar-refractivity contribution is -0.119. The van der Waals surface area contributed by atoms with E-state index < -0.39 is 18.0 Å². The second-order valence-corrected chi connectivity index (χ2v) is 7.23. The van der Waals surface area contributed by atoms with E-state index in [-0.39, 0.29) is 25.0 Å². The summed E-state index contributed by atoms with van der Waals surface area (Å²) in [6, 6.07) is 4.84. The molecule has 3 saturated heterocycles. The Morgan fingerprint density at radius 2 is 2.15 bits per heavy atom. The lowest BCUT2D eigenvalue weighted by Crippen LogP contribution is -2.56. The summed E-state index contributed by atoms with van der Waals surface area (Å²) in [6.07, 6.45) is -0.182. The highest BCUT2D eigenvalue weighted by Gasteiger charge is 2.46. The molecule has 27 heavy (non-hydrogen) atoms. The topological polar surface area (TPSA) is 82.2 Å². The second kappa shape index (κ2) is 6.71. The molecule has 0 saturated carbocycles. The monoisotopic (exact) mass is 376 g/mol. The zero-order valence-electron chi connectivity index (χ0n) is 14.9. The molecule has 0 bridgehead atoms. The number of ether oxygens (including phenoxy) is 1.